The number of benzene rings is 1. The van der Waals surface area contributed by atoms with Crippen LogP contribution in [-0.4, -0.2) is 10.9 Å². The van der Waals surface area contributed by atoms with Crippen LogP contribution >= 0.6 is 0 Å². The van der Waals surface area contributed by atoms with Crippen molar-refractivity contribution in [1.29, 1.82) is 0 Å². The number of amides is 1. The van der Waals surface area contributed by atoms with Crippen LogP contribution in [0.15, 0.2) is 41.1 Å². The number of carbonyl (C=O) groups is 1. The first-order chi connectivity index (χ1) is 10.1. The molecule has 0 aliphatic carbocycles. The fraction of sp³-hybridized carbons (Fsp3) is 0.176. The van der Waals surface area contributed by atoms with E-state index in [0.29, 0.717) is 11.4 Å². The number of hydrogen-bond acceptors (Lipinski definition) is 3. The van der Waals surface area contributed by atoms with Gasteiger partial charge in [-0.1, -0.05) is 6.07 Å². The Kier molecular flexibility index (Phi) is 3.22. The molecule has 0 saturated carbocycles. The lowest BCUT2D eigenvalue weighted by atomic mass is 10.0. The van der Waals surface area contributed by atoms with E-state index >= 15 is 0 Å². The minimum atomic E-state index is -0.256. The quantitative estimate of drug-likeness (QED) is 0.771. The summed E-state index contributed by atoms with van der Waals surface area (Å²) in [6.45, 7) is 5.95. The Morgan fingerprint density at radius 1 is 1.24 bits per heavy atom. The highest BCUT2D eigenvalue weighted by atomic mass is 16.3. The van der Waals surface area contributed by atoms with E-state index in [1.165, 1.54) is 0 Å². The van der Waals surface area contributed by atoms with Crippen LogP contribution in [0.4, 0.5) is 5.69 Å². The van der Waals surface area contributed by atoms with Gasteiger partial charge in [0.15, 0.2) is 5.76 Å². The fourth-order valence-electron chi connectivity index (χ4n) is 2.63. The summed E-state index contributed by atoms with van der Waals surface area (Å²) in [5, 5.41) is 3.81. The highest BCUT2D eigenvalue weighted by molar-refractivity contribution is 6.06. The summed E-state index contributed by atoms with van der Waals surface area (Å²) < 4.78 is 5.76. The van der Waals surface area contributed by atoms with Gasteiger partial charge >= 0.3 is 0 Å². The van der Waals surface area contributed by atoms with Crippen LogP contribution in [0.5, 0.6) is 0 Å². The van der Waals surface area contributed by atoms with E-state index in [1.807, 2.05) is 26.8 Å². The molecule has 2 aromatic heterocycles. The Hall–Kier alpha value is -2.62. The molecule has 2 heterocycles. The average molecular weight is 280 g/mol. The minimum Gasteiger partial charge on any atom is -0.451 e. The SMILES string of the molecule is Cc1cc(C)c2c(C)c(C(=O)Nc3cccnc3)oc2c1. The van der Waals surface area contributed by atoms with Gasteiger partial charge in [0, 0.05) is 17.1 Å². The lowest BCUT2D eigenvalue weighted by Gasteiger charge is -2.02. The number of pyridine rings is 1. The van der Waals surface area contributed by atoms with Crippen molar-refractivity contribution in [3.63, 3.8) is 0 Å². The first-order valence-corrected chi connectivity index (χ1v) is 6.78. The third-order valence-corrected chi connectivity index (χ3v) is 3.50. The average Bonchev–Trinajstić information content (AvgIpc) is 2.77. The van der Waals surface area contributed by atoms with Gasteiger partial charge in [0.25, 0.3) is 5.91 Å². The van der Waals surface area contributed by atoms with Crippen molar-refractivity contribution in [2.45, 2.75) is 20.8 Å². The van der Waals surface area contributed by atoms with Crippen molar-refractivity contribution in [3.05, 3.63) is 59.1 Å². The number of nitrogens with one attached hydrogen (secondary N) is 1. The zero-order valence-electron chi connectivity index (χ0n) is 12.2. The number of carbonyl (C=O) groups excluding carboxylic acids is 1. The Balaban J connectivity index is 2.03. The van der Waals surface area contributed by atoms with E-state index in [9.17, 15) is 4.79 Å². The van der Waals surface area contributed by atoms with Crippen molar-refractivity contribution >= 4 is 22.6 Å². The van der Waals surface area contributed by atoms with E-state index < -0.39 is 0 Å². The zero-order valence-corrected chi connectivity index (χ0v) is 12.2. The number of furan rings is 1. The summed E-state index contributed by atoms with van der Waals surface area (Å²) in [4.78, 5) is 16.3. The first-order valence-electron chi connectivity index (χ1n) is 6.78. The molecular formula is C17H16N2O2. The van der Waals surface area contributed by atoms with E-state index in [2.05, 4.69) is 16.4 Å². The largest absolute Gasteiger partial charge is 0.451 e. The second-order valence-electron chi connectivity index (χ2n) is 5.21. The van der Waals surface area contributed by atoms with Gasteiger partial charge in [-0.2, -0.15) is 0 Å². The number of fused-ring (bicyclic) bond motifs is 1. The number of rotatable bonds is 2. The maximum absolute atomic E-state index is 12.4. The summed E-state index contributed by atoms with van der Waals surface area (Å²) >= 11 is 0. The molecule has 1 N–H and O–H groups in total. The normalized spacial score (nSPS) is 10.8. The van der Waals surface area contributed by atoms with Crippen LogP contribution < -0.4 is 5.32 Å². The maximum Gasteiger partial charge on any atom is 0.291 e. The van der Waals surface area contributed by atoms with Gasteiger partial charge in [0.05, 0.1) is 11.9 Å². The smallest absolute Gasteiger partial charge is 0.291 e. The van der Waals surface area contributed by atoms with Crippen LogP contribution in [0, 0.1) is 20.8 Å². The summed E-state index contributed by atoms with van der Waals surface area (Å²) in [7, 11) is 0. The minimum absolute atomic E-state index is 0.256. The predicted octanol–water partition coefficient (Wildman–Crippen LogP) is 4.01. The highest BCUT2D eigenvalue weighted by Crippen LogP contribution is 2.29. The molecule has 0 fully saturated rings. The molecule has 1 aromatic carbocycles. The third-order valence-electron chi connectivity index (χ3n) is 3.50. The van der Waals surface area contributed by atoms with E-state index in [0.717, 1.165) is 27.7 Å². The monoisotopic (exact) mass is 280 g/mol. The van der Waals surface area contributed by atoms with Crippen molar-refractivity contribution < 1.29 is 9.21 Å². The number of nitrogens with zero attached hydrogens (tertiary/aromatic N) is 1. The van der Waals surface area contributed by atoms with Crippen molar-refractivity contribution in [2.75, 3.05) is 5.32 Å². The molecule has 4 nitrogen and oxygen atoms in total. The van der Waals surface area contributed by atoms with Gasteiger partial charge < -0.3 is 9.73 Å². The highest BCUT2D eigenvalue weighted by Gasteiger charge is 2.19. The number of aromatic nitrogens is 1. The van der Waals surface area contributed by atoms with Crippen molar-refractivity contribution in [2.24, 2.45) is 0 Å². The Bertz CT molecular complexity index is 820. The molecule has 0 aliphatic heterocycles. The third kappa shape index (κ3) is 2.40. The molecule has 3 rings (SSSR count). The maximum atomic E-state index is 12.4. The van der Waals surface area contributed by atoms with E-state index in [4.69, 9.17) is 4.42 Å². The second-order valence-corrected chi connectivity index (χ2v) is 5.21. The van der Waals surface area contributed by atoms with Crippen molar-refractivity contribution in [1.82, 2.24) is 4.98 Å². The Morgan fingerprint density at radius 2 is 2.05 bits per heavy atom. The van der Waals surface area contributed by atoms with E-state index in [-0.39, 0.29) is 5.91 Å². The van der Waals surface area contributed by atoms with Crippen LogP contribution in [-0.2, 0) is 0 Å². The molecule has 106 valence electrons. The second kappa shape index (κ2) is 5.05. The molecule has 0 unspecified atom stereocenters. The fourth-order valence-corrected chi connectivity index (χ4v) is 2.63. The van der Waals surface area contributed by atoms with Gasteiger partial charge in [-0.05, 0) is 50.1 Å². The number of hydrogen-bond donors (Lipinski definition) is 1. The van der Waals surface area contributed by atoms with Gasteiger partial charge in [-0.15, -0.1) is 0 Å². The molecule has 0 atom stereocenters. The van der Waals surface area contributed by atoms with Gasteiger partial charge in [-0.3, -0.25) is 9.78 Å². The zero-order chi connectivity index (χ0) is 15.0. The molecule has 21 heavy (non-hydrogen) atoms. The molecule has 3 aromatic rings. The Morgan fingerprint density at radius 3 is 2.76 bits per heavy atom. The molecular weight excluding hydrogens is 264 g/mol. The number of aryl methyl sites for hydroxylation is 3. The molecule has 0 radical (unpaired) electrons. The first kappa shape index (κ1) is 13.4. The number of anilines is 1. The van der Waals surface area contributed by atoms with Gasteiger partial charge in [0.2, 0.25) is 0 Å². The summed E-state index contributed by atoms with van der Waals surface area (Å²) in [5.74, 6) is 0.0938. The summed E-state index contributed by atoms with van der Waals surface area (Å²) in [6.07, 6.45) is 3.26. The van der Waals surface area contributed by atoms with Gasteiger partial charge in [-0.25, -0.2) is 0 Å². The van der Waals surface area contributed by atoms with Crippen LogP contribution in [0.3, 0.4) is 0 Å². The van der Waals surface area contributed by atoms with E-state index in [1.54, 1.807) is 24.5 Å². The predicted molar refractivity (Wildman–Crippen MR) is 82.6 cm³/mol. The standard InChI is InChI=1S/C17H16N2O2/c1-10-7-11(2)15-12(3)16(21-14(15)8-10)17(20)19-13-5-4-6-18-9-13/h4-9H,1-3H3,(H,19,20). The topological polar surface area (TPSA) is 55.1 Å². The molecule has 0 aliphatic rings. The van der Waals surface area contributed by atoms with Gasteiger partial charge in [0.1, 0.15) is 5.58 Å². The molecule has 0 saturated heterocycles. The van der Waals surface area contributed by atoms with Crippen LogP contribution in [0.2, 0.25) is 0 Å². The summed E-state index contributed by atoms with van der Waals surface area (Å²) in [5.41, 5.74) is 4.50. The lowest BCUT2D eigenvalue weighted by molar-refractivity contribution is 0.0998. The van der Waals surface area contributed by atoms with Crippen LogP contribution in [0.1, 0.15) is 27.2 Å². The Labute approximate surface area is 122 Å². The molecule has 1 amide bonds. The summed E-state index contributed by atoms with van der Waals surface area (Å²) in [6, 6.07) is 7.61. The lowest BCUT2D eigenvalue weighted by Crippen LogP contribution is -2.12. The molecule has 0 bridgehead atoms. The van der Waals surface area contributed by atoms with Crippen LogP contribution in [0.25, 0.3) is 11.0 Å². The van der Waals surface area contributed by atoms with Crippen molar-refractivity contribution in [3.8, 4) is 0 Å². The molecule has 0 spiro atoms. The molecule has 4 heteroatoms.